The van der Waals surface area contributed by atoms with Gasteiger partial charge in [-0.1, -0.05) is 64.8 Å². The number of hydrogen-bond donors (Lipinski definition) is 2. The van der Waals surface area contributed by atoms with Crippen LogP contribution in [-0.4, -0.2) is 24.4 Å². The highest BCUT2D eigenvalue weighted by atomic mass is 127. The lowest BCUT2D eigenvalue weighted by atomic mass is 9.97. The van der Waals surface area contributed by atoms with Crippen LogP contribution in [0.3, 0.4) is 0 Å². The summed E-state index contributed by atoms with van der Waals surface area (Å²) in [4.78, 5) is 0. The van der Waals surface area contributed by atoms with Crippen molar-refractivity contribution in [2.75, 3.05) is 13.2 Å². The first-order valence-corrected chi connectivity index (χ1v) is 10.9. The number of hydrogen-bond acceptors (Lipinski definition) is 3. The van der Waals surface area contributed by atoms with Crippen molar-refractivity contribution in [1.29, 1.82) is 0 Å². The van der Waals surface area contributed by atoms with Crippen LogP contribution in [-0.2, 0) is 4.74 Å². The third-order valence-corrected chi connectivity index (χ3v) is 3.93. The number of halogens is 1. The summed E-state index contributed by atoms with van der Waals surface area (Å²) in [6.07, 6.45) is 10.6. The van der Waals surface area contributed by atoms with E-state index in [-0.39, 0.29) is 31.6 Å². The molecule has 176 valence electrons. The van der Waals surface area contributed by atoms with Gasteiger partial charge in [-0.15, -0.1) is 24.0 Å². The Morgan fingerprint density at radius 2 is 1.61 bits per heavy atom. The highest BCUT2D eigenvalue weighted by molar-refractivity contribution is 14.0. The number of allylic oxidation sites excluding steroid dienone is 3. The molecule has 0 aromatic carbocycles. The fraction of sp³-hybridized carbons (Fsp3) is 0.833. The third-order valence-electron chi connectivity index (χ3n) is 3.93. The average molecular weight is 519 g/mol. The van der Waals surface area contributed by atoms with Gasteiger partial charge in [0.05, 0.1) is 6.10 Å². The topological polar surface area (TPSA) is 64.5 Å². The van der Waals surface area contributed by atoms with Gasteiger partial charge in [-0.2, -0.15) is 0 Å². The number of ether oxygens (including phenoxy) is 1. The molecule has 0 aromatic rings. The SMILES string of the molecule is CC.CC.CC(C)=CC1CC(C)CCO1.CC(C)=CCCC(C)CCO.I.N.[2HH]. The second-order valence-corrected chi connectivity index (χ2v) is 7.26. The van der Waals surface area contributed by atoms with Crippen LogP contribution in [0.1, 0.15) is 103 Å². The molecule has 28 heavy (non-hydrogen) atoms. The summed E-state index contributed by atoms with van der Waals surface area (Å²) in [5.74, 6) is 1.50. The van der Waals surface area contributed by atoms with Crippen LogP contribution in [0.5, 0.6) is 0 Å². The molecule has 3 unspecified atom stereocenters. The number of rotatable bonds is 6. The van der Waals surface area contributed by atoms with Gasteiger partial charge in [-0.25, -0.2) is 0 Å². The van der Waals surface area contributed by atoms with E-state index in [1.807, 2.05) is 27.7 Å². The maximum atomic E-state index is 8.63. The Bertz CT molecular complexity index is 340. The fourth-order valence-corrected chi connectivity index (χ4v) is 2.51. The number of aliphatic hydroxyl groups is 1. The van der Waals surface area contributed by atoms with Crippen molar-refractivity contribution in [2.24, 2.45) is 11.8 Å². The fourth-order valence-electron chi connectivity index (χ4n) is 2.51. The molecular weight excluding hydrogens is 461 g/mol. The lowest BCUT2D eigenvalue weighted by Gasteiger charge is -2.25. The van der Waals surface area contributed by atoms with Gasteiger partial charge in [0.1, 0.15) is 0 Å². The molecular formula is C24H56INO2. The first-order valence-electron chi connectivity index (χ1n) is 10.9. The minimum Gasteiger partial charge on any atom is -0.396 e. The van der Waals surface area contributed by atoms with Crippen LogP contribution in [0.2, 0.25) is 0 Å². The van der Waals surface area contributed by atoms with Gasteiger partial charge >= 0.3 is 0 Å². The highest BCUT2D eigenvalue weighted by Crippen LogP contribution is 2.20. The lowest BCUT2D eigenvalue weighted by molar-refractivity contribution is 0.0235. The van der Waals surface area contributed by atoms with E-state index in [0.717, 1.165) is 25.4 Å². The Hall–Kier alpha value is 0.0900. The van der Waals surface area contributed by atoms with Crippen molar-refractivity contribution < 1.29 is 11.3 Å². The maximum absolute atomic E-state index is 8.63. The minimum atomic E-state index is 0. The van der Waals surface area contributed by atoms with E-state index in [9.17, 15) is 0 Å². The maximum Gasteiger partial charge on any atom is 0.0760 e. The van der Waals surface area contributed by atoms with Crippen molar-refractivity contribution >= 4 is 24.0 Å². The van der Waals surface area contributed by atoms with Crippen LogP contribution < -0.4 is 6.15 Å². The van der Waals surface area contributed by atoms with E-state index < -0.39 is 0 Å². The van der Waals surface area contributed by atoms with Gasteiger partial charge in [0.15, 0.2) is 0 Å². The van der Waals surface area contributed by atoms with Gasteiger partial charge in [-0.3, -0.25) is 0 Å². The molecule has 4 N–H and O–H groups in total. The zero-order valence-electron chi connectivity index (χ0n) is 20.8. The second-order valence-electron chi connectivity index (χ2n) is 7.26. The summed E-state index contributed by atoms with van der Waals surface area (Å²) in [6, 6.07) is 0. The normalized spacial score (nSPS) is 17.8. The summed E-state index contributed by atoms with van der Waals surface area (Å²) in [7, 11) is 0. The summed E-state index contributed by atoms with van der Waals surface area (Å²) in [5.41, 5.74) is 2.75. The summed E-state index contributed by atoms with van der Waals surface area (Å²) in [5, 5.41) is 8.63. The molecule has 1 fully saturated rings. The van der Waals surface area contributed by atoms with E-state index in [1.54, 1.807) is 0 Å². The molecule has 4 heteroatoms. The number of aliphatic hydroxyl groups excluding tert-OH is 1. The van der Waals surface area contributed by atoms with Crippen molar-refractivity contribution in [2.45, 2.75) is 107 Å². The monoisotopic (exact) mass is 518 g/mol. The van der Waals surface area contributed by atoms with Gasteiger partial charge in [0.2, 0.25) is 0 Å². The van der Waals surface area contributed by atoms with Gasteiger partial charge in [-0.05, 0) is 71.6 Å². The Labute approximate surface area is 196 Å². The van der Waals surface area contributed by atoms with Crippen molar-refractivity contribution in [3.63, 3.8) is 0 Å². The van der Waals surface area contributed by atoms with Gasteiger partial charge < -0.3 is 16.0 Å². The summed E-state index contributed by atoms with van der Waals surface area (Å²) >= 11 is 0. The summed E-state index contributed by atoms with van der Waals surface area (Å²) in [6.45, 7) is 22.3. The zero-order chi connectivity index (χ0) is 21.0. The standard InChI is InChI=1S/C10H18O.C10H20O.2C2H6.HI.H3N.H2/c1-8(2)6-10-7-9(3)4-5-11-10;1-9(2)5-4-6-10(3)7-8-11;2*1-2;;;/h6,9-10H,4-5,7H2,1-3H3;5,10-11H,4,6-8H2,1-3H3;2*1-2H3;1H;1H3;1H/i;;;;;;1+1. The molecule has 0 saturated carbocycles. The van der Waals surface area contributed by atoms with Gasteiger partial charge in [0.25, 0.3) is 0 Å². The molecule has 1 rings (SSSR count). The van der Waals surface area contributed by atoms with Crippen LogP contribution in [0.25, 0.3) is 0 Å². The van der Waals surface area contributed by atoms with E-state index in [1.165, 1.54) is 30.4 Å². The van der Waals surface area contributed by atoms with Gasteiger partial charge in [0, 0.05) is 14.6 Å². The minimum absolute atomic E-state index is 0. The molecule has 0 bridgehead atoms. The molecule has 0 aromatic heterocycles. The van der Waals surface area contributed by atoms with E-state index in [4.69, 9.17) is 9.84 Å². The largest absolute Gasteiger partial charge is 0.396 e. The highest BCUT2D eigenvalue weighted by Gasteiger charge is 2.16. The molecule has 1 aliphatic rings. The Morgan fingerprint density at radius 1 is 1.07 bits per heavy atom. The lowest BCUT2D eigenvalue weighted by Crippen LogP contribution is -2.22. The predicted molar refractivity (Wildman–Crippen MR) is 142 cm³/mol. The average Bonchev–Trinajstić information content (AvgIpc) is 2.58. The first kappa shape index (κ1) is 38.7. The zero-order valence-corrected chi connectivity index (χ0v) is 23.1. The quantitative estimate of drug-likeness (QED) is 0.273. The van der Waals surface area contributed by atoms with E-state index in [2.05, 4.69) is 53.7 Å². The molecule has 0 radical (unpaired) electrons. The van der Waals surface area contributed by atoms with Crippen LogP contribution in [0, 0.1) is 11.8 Å². The first-order chi connectivity index (χ1) is 12.3. The van der Waals surface area contributed by atoms with Crippen molar-refractivity contribution in [1.82, 2.24) is 6.15 Å². The van der Waals surface area contributed by atoms with Crippen LogP contribution in [0.4, 0.5) is 0 Å². The molecule has 3 atom stereocenters. The molecule has 1 aliphatic heterocycles. The van der Waals surface area contributed by atoms with Crippen LogP contribution >= 0.6 is 24.0 Å². The third kappa shape index (κ3) is 30.8. The molecule has 0 spiro atoms. The molecule has 1 saturated heterocycles. The molecule has 1 heterocycles. The van der Waals surface area contributed by atoms with Crippen LogP contribution in [0.15, 0.2) is 23.3 Å². The van der Waals surface area contributed by atoms with Crippen molar-refractivity contribution in [3.8, 4) is 0 Å². The second kappa shape index (κ2) is 29.3. The Balaban J connectivity index is -0.0000000713. The molecule has 3 nitrogen and oxygen atoms in total. The predicted octanol–water partition coefficient (Wildman–Crippen LogP) is 8.60. The summed E-state index contributed by atoms with van der Waals surface area (Å²) < 4.78 is 5.58. The van der Waals surface area contributed by atoms with E-state index >= 15 is 0 Å². The molecule has 0 amide bonds. The van der Waals surface area contributed by atoms with Crippen molar-refractivity contribution in [3.05, 3.63) is 23.3 Å². The van der Waals surface area contributed by atoms with E-state index in [0.29, 0.717) is 18.6 Å². The Kier molecular flexibility index (Phi) is 40.5. The molecule has 0 aliphatic carbocycles. The Morgan fingerprint density at radius 3 is 2.00 bits per heavy atom. The smallest absolute Gasteiger partial charge is 0.0760 e.